The van der Waals surface area contributed by atoms with Crippen LogP contribution in [0.5, 0.6) is 11.5 Å². The molecule has 0 saturated heterocycles. The minimum Gasteiger partial charge on any atom is -0.457 e. The molecule has 46 heavy (non-hydrogen) atoms. The average Bonchev–Trinajstić information content (AvgIpc) is 3.63. The fourth-order valence-corrected chi connectivity index (χ4v) is 7.71. The van der Waals surface area contributed by atoms with Crippen molar-refractivity contribution in [2.75, 3.05) is 0 Å². The lowest BCUT2D eigenvalue weighted by atomic mass is 9.71. The first-order valence-electron chi connectivity index (χ1n) is 17.1. The zero-order chi connectivity index (χ0) is 31.8. The summed E-state index contributed by atoms with van der Waals surface area (Å²) in [5.41, 5.74) is 10.0. The van der Waals surface area contributed by atoms with Gasteiger partial charge in [0, 0.05) is 46.3 Å². The molecular formula is C41H44N4O. The topological polar surface area (TPSA) is 44.9 Å². The zero-order valence-electron chi connectivity index (χ0n) is 27.8. The molecule has 1 aliphatic rings. The van der Waals surface area contributed by atoms with Crippen molar-refractivity contribution >= 4 is 21.8 Å². The molecule has 0 N–H and O–H groups in total. The number of pyridine rings is 1. The highest BCUT2D eigenvalue weighted by Gasteiger charge is 2.33. The van der Waals surface area contributed by atoms with E-state index < -0.39 is 0 Å². The molecule has 0 amide bonds. The number of aromatic nitrogens is 4. The van der Waals surface area contributed by atoms with Gasteiger partial charge in [0.1, 0.15) is 17.3 Å². The molecule has 0 aliphatic heterocycles. The first-order valence-corrected chi connectivity index (χ1v) is 17.1. The van der Waals surface area contributed by atoms with Crippen LogP contribution < -0.4 is 4.74 Å². The molecule has 0 fully saturated rings. The maximum absolute atomic E-state index is 6.60. The smallest absolute Gasteiger partial charge is 0.137 e. The third kappa shape index (κ3) is 5.22. The van der Waals surface area contributed by atoms with E-state index in [0.29, 0.717) is 11.8 Å². The largest absolute Gasteiger partial charge is 0.457 e. The van der Waals surface area contributed by atoms with Gasteiger partial charge in [-0.25, -0.2) is 9.67 Å². The summed E-state index contributed by atoms with van der Waals surface area (Å²) < 4.78 is 11.0. The molecule has 0 spiro atoms. The Morgan fingerprint density at radius 2 is 1.63 bits per heavy atom. The molecule has 3 aromatic heterocycles. The van der Waals surface area contributed by atoms with Gasteiger partial charge in [-0.1, -0.05) is 70.0 Å². The van der Waals surface area contributed by atoms with E-state index in [2.05, 4.69) is 117 Å². The highest BCUT2D eigenvalue weighted by atomic mass is 16.5. The van der Waals surface area contributed by atoms with Crippen LogP contribution in [0.4, 0.5) is 0 Å². The van der Waals surface area contributed by atoms with Crippen molar-refractivity contribution in [3.63, 3.8) is 0 Å². The number of nitrogens with zero attached hydrogens (tertiary/aromatic N) is 4. The fourth-order valence-electron chi connectivity index (χ4n) is 7.71. The second kappa shape index (κ2) is 12.6. The van der Waals surface area contributed by atoms with Crippen LogP contribution in [0.3, 0.4) is 0 Å². The third-order valence-electron chi connectivity index (χ3n) is 9.90. The van der Waals surface area contributed by atoms with Gasteiger partial charge in [0.25, 0.3) is 0 Å². The summed E-state index contributed by atoms with van der Waals surface area (Å²) in [5.74, 6) is 3.62. The van der Waals surface area contributed by atoms with Crippen molar-refractivity contribution in [1.82, 2.24) is 19.3 Å². The molecule has 7 rings (SSSR count). The molecule has 5 heteroatoms. The normalized spacial score (nSPS) is 16.7. The summed E-state index contributed by atoms with van der Waals surface area (Å²) in [4.78, 5) is 4.74. The van der Waals surface area contributed by atoms with E-state index >= 15 is 0 Å². The Labute approximate surface area is 272 Å². The van der Waals surface area contributed by atoms with Gasteiger partial charge in [0.2, 0.25) is 0 Å². The van der Waals surface area contributed by atoms with Crippen LogP contribution in [0.25, 0.3) is 33.3 Å². The Bertz CT molecular complexity index is 2060. The van der Waals surface area contributed by atoms with Crippen molar-refractivity contribution in [1.29, 1.82) is 0 Å². The SMILES string of the molecule is CCC1=CCC[C@H](CC)C1c1c(CC)nn(-c2cccc(Oc3ccc4c5ccccc5n(-c5cc(C)ccn5)c4c3)c2)c1CC. The minimum atomic E-state index is 0.461. The lowest BCUT2D eigenvalue weighted by Crippen LogP contribution is -2.20. The van der Waals surface area contributed by atoms with Gasteiger partial charge in [-0.2, -0.15) is 5.10 Å². The monoisotopic (exact) mass is 608 g/mol. The van der Waals surface area contributed by atoms with E-state index in [9.17, 15) is 0 Å². The van der Waals surface area contributed by atoms with E-state index in [0.717, 1.165) is 53.3 Å². The number of aryl methyl sites for hydroxylation is 2. The first kappa shape index (κ1) is 30.0. The van der Waals surface area contributed by atoms with Crippen LogP contribution in [0.2, 0.25) is 0 Å². The maximum atomic E-state index is 6.60. The highest BCUT2D eigenvalue weighted by molar-refractivity contribution is 6.09. The van der Waals surface area contributed by atoms with Gasteiger partial charge in [-0.05, 0) is 93.0 Å². The Morgan fingerprint density at radius 1 is 0.804 bits per heavy atom. The molecule has 6 aromatic rings. The minimum absolute atomic E-state index is 0.461. The van der Waals surface area contributed by atoms with Gasteiger partial charge in [0.05, 0.1) is 22.4 Å². The van der Waals surface area contributed by atoms with E-state index in [1.807, 2.05) is 18.3 Å². The number of hydrogen-bond donors (Lipinski definition) is 0. The molecule has 0 bridgehead atoms. The molecule has 3 aromatic carbocycles. The number of benzene rings is 3. The standard InChI is InChI=1S/C41H44N4O/c1-6-28-14-12-15-29(7-2)40(28)41-35(8-3)43-45(36(41)9-4)30-16-13-17-31(25-30)46-32-20-21-34-33-18-10-11-19-37(33)44(38(34)26-32)39-24-27(5)22-23-42-39/h10-11,13-14,16-26,29,40H,6-9,12,15H2,1-5H3/t29-,40?/m0/s1. The van der Waals surface area contributed by atoms with Gasteiger partial charge < -0.3 is 4.74 Å². The predicted molar refractivity (Wildman–Crippen MR) is 190 cm³/mol. The second-order valence-corrected chi connectivity index (χ2v) is 12.6. The number of ether oxygens (including phenoxy) is 1. The summed E-state index contributed by atoms with van der Waals surface area (Å²) in [6, 6.07) is 27.5. The summed E-state index contributed by atoms with van der Waals surface area (Å²) in [7, 11) is 0. The summed E-state index contributed by atoms with van der Waals surface area (Å²) >= 11 is 0. The second-order valence-electron chi connectivity index (χ2n) is 12.6. The number of allylic oxidation sites excluding steroid dienone is 2. The lowest BCUT2D eigenvalue weighted by Gasteiger charge is -2.33. The van der Waals surface area contributed by atoms with Crippen molar-refractivity contribution in [2.45, 2.75) is 79.1 Å². The Morgan fingerprint density at radius 3 is 2.41 bits per heavy atom. The summed E-state index contributed by atoms with van der Waals surface area (Å²) in [6.07, 6.45) is 11.0. The van der Waals surface area contributed by atoms with Gasteiger partial charge >= 0.3 is 0 Å². The molecular weight excluding hydrogens is 564 g/mol. The zero-order valence-corrected chi connectivity index (χ0v) is 27.8. The molecule has 2 atom stereocenters. The summed E-state index contributed by atoms with van der Waals surface area (Å²) in [5, 5.41) is 7.65. The number of hydrogen-bond acceptors (Lipinski definition) is 3. The van der Waals surface area contributed by atoms with Gasteiger partial charge in [0.15, 0.2) is 0 Å². The number of para-hydroxylation sites is 1. The van der Waals surface area contributed by atoms with Crippen LogP contribution in [0, 0.1) is 12.8 Å². The summed E-state index contributed by atoms with van der Waals surface area (Å²) in [6.45, 7) is 11.3. The molecule has 234 valence electrons. The van der Waals surface area contributed by atoms with Crippen molar-refractivity contribution < 1.29 is 4.74 Å². The molecule has 1 unspecified atom stereocenters. The van der Waals surface area contributed by atoms with Crippen LogP contribution in [0.15, 0.2) is 96.7 Å². The third-order valence-corrected chi connectivity index (χ3v) is 9.90. The first-order chi connectivity index (χ1) is 22.5. The molecule has 0 radical (unpaired) electrons. The van der Waals surface area contributed by atoms with E-state index in [4.69, 9.17) is 14.8 Å². The lowest BCUT2D eigenvalue weighted by molar-refractivity contribution is 0.392. The number of rotatable bonds is 9. The van der Waals surface area contributed by atoms with Crippen LogP contribution in [0.1, 0.15) is 81.8 Å². The molecule has 1 aliphatic carbocycles. The van der Waals surface area contributed by atoms with Gasteiger partial charge in [-0.15, -0.1) is 0 Å². The molecule has 0 saturated carbocycles. The average molecular weight is 609 g/mol. The predicted octanol–water partition coefficient (Wildman–Crippen LogP) is 10.8. The van der Waals surface area contributed by atoms with Crippen molar-refractivity contribution in [3.05, 3.63) is 119 Å². The van der Waals surface area contributed by atoms with Crippen molar-refractivity contribution in [3.8, 4) is 23.0 Å². The maximum Gasteiger partial charge on any atom is 0.137 e. The van der Waals surface area contributed by atoms with E-state index in [1.54, 1.807) is 5.57 Å². The van der Waals surface area contributed by atoms with Crippen LogP contribution in [-0.4, -0.2) is 19.3 Å². The Hall–Kier alpha value is -4.64. The Kier molecular flexibility index (Phi) is 8.25. The number of fused-ring (bicyclic) bond motifs is 3. The van der Waals surface area contributed by atoms with E-state index in [1.165, 1.54) is 52.5 Å². The highest BCUT2D eigenvalue weighted by Crippen LogP contribution is 2.45. The van der Waals surface area contributed by atoms with Crippen LogP contribution in [-0.2, 0) is 12.8 Å². The van der Waals surface area contributed by atoms with Gasteiger partial charge in [-0.3, -0.25) is 4.57 Å². The molecule has 5 nitrogen and oxygen atoms in total. The van der Waals surface area contributed by atoms with Crippen LogP contribution >= 0.6 is 0 Å². The quantitative estimate of drug-likeness (QED) is 0.153. The molecule has 3 heterocycles. The van der Waals surface area contributed by atoms with Crippen molar-refractivity contribution in [2.24, 2.45) is 5.92 Å². The Balaban J connectivity index is 1.29. The fraction of sp³-hybridized carbons (Fsp3) is 0.317. The van der Waals surface area contributed by atoms with E-state index in [-0.39, 0.29) is 0 Å².